The highest BCUT2D eigenvalue weighted by atomic mass is 16.5. The van der Waals surface area contributed by atoms with Crippen LogP contribution in [0.1, 0.15) is 23.1 Å². The molecule has 0 aliphatic carbocycles. The van der Waals surface area contributed by atoms with Crippen LogP contribution < -0.4 is 0 Å². The molecule has 2 heterocycles. The smallest absolute Gasteiger partial charge is 0.163 e. The first kappa shape index (κ1) is 21.0. The summed E-state index contributed by atoms with van der Waals surface area (Å²) in [5, 5.41) is 1.12. The Morgan fingerprint density at radius 1 is 0.903 bits per heavy atom. The van der Waals surface area contributed by atoms with Crippen molar-refractivity contribution in [3.63, 3.8) is 0 Å². The quantitative estimate of drug-likeness (QED) is 0.442. The van der Waals surface area contributed by atoms with Crippen LogP contribution in [-0.4, -0.2) is 47.8 Å². The first-order valence-corrected chi connectivity index (χ1v) is 10.5. The fourth-order valence-corrected chi connectivity index (χ4v) is 3.59. The third-order valence-corrected chi connectivity index (χ3v) is 5.34. The van der Waals surface area contributed by atoms with E-state index >= 15 is 0 Å². The van der Waals surface area contributed by atoms with Crippen molar-refractivity contribution >= 4 is 34.6 Å². The van der Waals surface area contributed by atoms with Gasteiger partial charge in [0.2, 0.25) is 0 Å². The number of allylic oxidation sites excluding steroid dienone is 2. The number of ether oxygens (including phenoxy) is 1. The molecule has 1 N–H and O–H groups in total. The zero-order valence-electron chi connectivity index (χ0n) is 17.4. The Bertz CT molecular complexity index is 1100. The highest BCUT2D eigenvalue weighted by Gasteiger charge is 2.10. The van der Waals surface area contributed by atoms with Crippen LogP contribution in [0.5, 0.6) is 0 Å². The van der Waals surface area contributed by atoms with Crippen LogP contribution in [-0.2, 0) is 20.9 Å². The number of hydrogen-bond donors (Lipinski definition) is 1. The van der Waals surface area contributed by atoms with E-state index < -0.39 is 0 Å². The number of fused-ring (bicyclic) bond motifs is 1. The van der Waals surface area contributed by atoms with Gasteiger partial charge in [0.15, 0.2) is 11.6 Å². The lowest BCUT2D eigenvalue weighted by Gasteiger charge is -2.26. The number of nitrogens with zero attached hydrogens (tertiary/aromatic N) is 1. The number of carbonyl (C=O) groups is 2. The number of carbonyl (C=O) groups excluding carboxylic acids is 2. The van der Waals surface area contributed by atoms with Crippen molar-refractivity contribution < 1.29 is 14.3 Å². The molecule has 1 saturated heterocycles. The molecule has 31 heavy (non-hydrogen) atoms. The monoisotopic (exact) mass is 414 g/mol. The van der Waals surface area contributed by atoms with Crippen LogP contribution in [0, 0.1) is 0 Å². The number of morpholine rings is 1. The van der Waals surface area contributed by atoms with Crippen LogP contribution in [0.15, 0.2) is 66.9 Å². The van der Waals surface area contributed by atoms with E-state index in [1.165, 1.54) is 17.7 Å². The van der Waals surface area contributed by atoms with Gasteiger partial charge in [0, 0.05) is 31.3 Å². The zero-order chi connectivity index (χ0) is 21.5. The summed E-state index contributed by atoms with van der Waals surface area (Å²) in [5.74, 6) is -0.408. The van der Waals surface area contributed by atoms with E-state index in [0.717, 1.165) is 54.9 Å². The van der Waals surface area contributed by atoms with Gasteiger partial charge >= 0.3 is 0 Å². The Labute approximate surface area is 182 Å². The predicted octanol–water partition coefficient (Wildman–Crippen LogP) is 4.26. The maximum absolute atomic E-state index is 12.1. The molecule has 0 unspecified atom stereocenters. The van der Waals surface area contributed by atoms with E-state index in [0.29, 0.717) is 0 Å². The minimum atomic E-state index is -0.206. The predicted molar refractivity (Wildman–Crippen MR) is 124 cm³/mol. The largest absolute Gasteiger partial charge is 0.379 e. The Balaban J connectivity index is 1.26. The van der Waals surface area contributed by atoms with Crippen molar-refractivity contribution in [3.05, 3.63) is 83.6 Å². The van der Waals surface area contributed by atoms with Gasteiger partial charge in [-0.15, -0.1) is 0 Å². The van der Waals surface area contributed by atoms with Gasteiger partial charge in [0.05, 0.1) is 19.6 Å². The topological polar surface area (TPSA) is 62.4 Å². The third-order valence-electron chi connectivity index (χ3n) is 5.34. The number of H-pyrrole nitrogens is 1. The molecule has 1 aromatic heterocycles. The van der Waals surface area contributed by atoms with Gasteiger partial charge in [-0.3, -0.25) is 14.5 Å². The second-order valence-corrected chi connectivity index (χ2v) is 7.73. The van der Waals surface area contributed by atoms with Crippen molar-refractivity contribution in [1.82, 2.24) is 9.88 Å². The fraction of sp³-hybridized carbons (Fsp3) is 0.231. The van der Waals surface area contributed by atoms with Crippen molar-refractivity contribution in [2.24, 2.45) is 0 Å². The highest BCUT2D eigenvalue weighted by Crippen LogP contribution is 2.15. The Morgan fingerprint density at radius 2 is 1.58 bits per heavy atom. The van der Waals surface area contributed by atoms with E-state index in [2.05, 4.69) is 22.0 Å². The lowest BCUT2D eigenvalue weighted by Crippen LogP contribution is -2.35. The maximum atomic E-state index is 12.1. The van der Waals surface area contributed by atoms with Gasteiger partial charge in [-0.2, -0.15) is 0 Å². The van der Waals surface area contributed by atoms with Crippen molar-refractivity contribution in [2.45, 2.75) is 13.0 Å². The lowest BCUT2D eigenvalue weighted by molar-refractivity contribution is -0.121. The number of aromatic amines is 1. The first-order chi connectivity index (χ1) is 15.2. The Hall–Kier alpha value is -3.28. The first-order valence-electron chi connectivity index (χ1n) is 10.5. The van der Waals surface area contributed by atoms with Gasteiger partial charge in [-0.05, 0) is 46.4 Å². The number of aromatic nitrogens is 1. The standard InChI is InChI=1S/C26H26N2O3/c29-24(18-25(30)10-7-21-5-8-23-11-12-27-26(23)17-21)9-6-20-1-3-22(4-2-20)19-28-13-15-31-16-14-28/h1-12,17,27H,13-16,18-19H2/b9-6+,10-7+. The molecule has 0 saturated carbocycles. The van der Waals surface area contributed by atoms with E-state index in [1.807, 2.05) is 42.6 Å². The summed E-state index contributed by atoms with van der Waals surface area (Å²) < 4.78 is 5.38. The summed E-state index contributed by atoms with van der Waals surface area (Å²) in [5.41, 5.74) is 4.12. The highest BCUT2D eigenvalue weighted by molar-refractivity contribution is 6.11. The average Bonchev–Trinajstić information content (AvgIpc) is 3.26. The van der Waals surface area contributed by atoms with E-state index in [9.17, 15) is 9.59 Å². The second-order valence-electron chi connectivity index (χ2n) is 7.73. The van der Waals surface area contributed by atoms with Gasteiger partial charge < -0.3 is 9.72 Å². The molecule has 3 aromatic rings. The van der Waals surface area contributed by atoms with Crippen LogP contribution in [0.2, 0.25) is 0 Å². The summed E-state index contributed by atoms with van der Waals surface area (Å²) in [6, 6.07) is 16.1. The summed E-state index contributed by atoms with van der Waals surface area (Å²) in [6.45, 7) is 4.40. The van der Waals surface area contributed by atoms with Crippen LogP contribution in [0.4, 0.5) is 0 Å². The molecule has 1 aliphatic heterocycles. The van der Waals surface area contributed by atoms with Crippen LogP contribution in [0.25, 0.3) is 23.1 Å². The molecule has 5 nitrogen and oxygen atoms in total. The van der Waals surface area contributed by atoms with Crippen LogP contribution in [0.3, 0.4) is 0 Å². The second kappa shape index (κ2) is 10.2. The summed E-state index contributed by atoms with van der Waals surface area (Å²) in [6.07, 6.45) is 8.20. The van der Waals surface area contributed by atoms with E-state index in [4.69, 9.17) is 4.74 Å². The lowest BCUT2D eigenvalue weighted by atomic mass is 10.1. The van der Waals surface area contributed by atoms with Gasteiger partial charge in [-0.25, -0.2) is 0 Å². The average molecular weight is 415 g/mol. The van der Waals surface area contributed by atoms with Crippen molar-refractivity contribution in [1.29, 1.82) is 0 Å². The molecule has 158 valence electrons. The Kier molecular flexibility index (Phi) is 6.87. The maximum Gasteiger partial charge on any atom is 0.163 e. The van der Waals surface area contributed by atoms with Gasteiger partial charge in [0.25, 0.3) is 0 Å². The Morgan fingerprint density at radius 3 is 2.32 bits per heavy atom. The van der Waals surface area contributed by atoms with Gasteiger partial charge in [0.1, 0.15) is 0 Å². The SMILES string of the molecule is O=C(/C=C/c1ccc(CN2CCOCC2)cc1)CC(=O)/C=C/c1ccc2cc[nH]c2c1. The summed E-state index contributed by atoms with van der Waals surface area (Å²) in [4.78, 5) is 29.8. The minimum Gasteiger partial charge on any atom is -0.379 e. The molecule has 0 amide bonds. The van der Waals surface area contributed by atoms with Crippen LogP contribution >= 0.6 is 0 Å². The van der Waals surface area contributed by atoms with Crippen molar-refractivity contribution in [3.8, 4) is 0 Å². The number of rotatable bonds is 8. The van der Waals surface area contributed by atoms with Crippen molar-refractivity contribution in [2.75, 3.05) is 26.3 Å². The summed E-state index contributed by atoms with van der Waals surface area (Å²) in [7, 11) is 0. The molecule has 1 aliphatic rings. The molecule has 5 heteroatoms. The fourth-order valence-electron chi connectivity index (χ4n) is 3.59. The molecular formula is C26H26N2O3. The molecule has 0 radical (unpaired) electrons. The molecule has 0 atom stereocenters. The molecule has 2 aromatic carbocycles. The summed E-state index contributed by atoms with van der Waals surface area (Å²) >= 11 is 0. The zero-order valence-corrected chi connectivity index (χ0v) is 17.4. The third kappa shape index (κ3) is 6.10. The van der Waals surface area contributed by atoms with E-state index in [-0.39, 0.29) is 18.0 Å². The minimum absolute atomic E-state index is 0.132. The normalized spacial score (nSPS) is 15.2. The number of benzene rings is 2. The molecule has 4 rings (SSSR count). The number of nitrogens with one attached hydrogen (secondary N) is 1. The van der Waals surface area contributed by atoms with E-state index in [1.54, 1.807) is 12.2 Å². The molecule has 0 spiro atoms. The number of ketones is 2. The molecule has 1 fully saturated rings. The van der Waals surface area contributed by atoms with Gasteiger partial charge in [-0.1, -0.05) is 48.6 Å². The molecule has 0 bridgehead atoms. The molecular weight excluding hydrogens is 388 g/mol. The number of hydrogen-bond acceptors (Lipinski definition) is 4.